The van der Waals surface area contributed by atoms with E-state index >= 15 is 0 Å². The molecule has 0 aliphatic rings. The molecular formula is C12H14BrN3. The molecule has 0 aliphatic heterocycles. The average Bonchev–Trinajstić information content (AvgIpc) is 2.81. The summed E-state index contributed by atoms with van der Waals surface area (Å²) >= 11 is 3.59. The molecule has 1 unspecified atom stereocenters. The maximum absolute atomic E-state index is 4.04. The Balaban J connectivity index is 2.37. The zero-order valence-corrected chi connectivity index (χ0v) is 10.9. The fourth-order valence-electron chi connectivity index (χ4n) is 1.57. The second-order valence-electron chi connectivity index (χ2n) is 3.69. The van der Waals surface area contributed by atoms with Crippen molar-refractivity contribution in [1.29, 1.82) is 0 Å². The van der Waals surface area contributed by atoms with Gasteiger partial charge in [-0.25, -0.2) is 4.98 Å². The highest BCUT2D eigenvalue weighted by molar-refractivity contribution is 9.10. The van der Waals surface area contributed by atoms with Gasteiger partial charge in [0, 0.05) is 22.9 Å². The molecule has 84 valence electrons. The van der Waals surface area contributed by atoms with E-state index < -0.39 is 0 Å². The van der Waals surface area contributed by atoms with Gasteiger partial charge in [0.25, 0.3) is 0 Å². The van der Waals surface area contributed by atoms with Crippen LogP contribution in [0.1, 0.15) is 18.5 Å². The molecule has 1 aromatic carbocycles. The van der Waals surface area contributed by atoms with Crippen LogP contribution in [0.2, 0.25) is 0 Å². The standard InChI is InChI=1S/C12H14BrN3/c1-9(14-2)10-3-4-12(11(13)7-10)16-6-5-15-8-16/h3-9,14H,1-2H3. The van der Waals surface area contributed by atoms with Gasteiger partial charge in [-0.3, -0.25) is 0 Å². The fourth-order valence-corrected chi connectivity index (χ4v) is 2.17. The zero-order valence-electron chi connectivity index (χ0n) is 9.31. The molecule has 1 heterocycles. The minimum atomic E-state index is 0.355. The van der Waals surface area contributed by atoms with E-state index in [4.69, 9.17) is 0 Å². The molecular weight excluding hydrogens is 266 g/mol. The number of halogens is 1. The smallest absolute Gasteiger partial charge is 0.0992 e. The summed E-state index contributed by atoms with van der Waals surface area (Å²) < 4.78 is 3.06. The number of imidazole rings is 1. The van der Waals surface area contributed by atoms with Crippen LogP contribution in [0.15, 0.2) is 41.4 Å². The Morgan fingerprint density at radius 1 is 1.44 bits per heavy atom. The van der Waals surface area contributed by atoms with E-state index in [9.17, 15) is 0 Å². The summed E-state index contributed by atoms with van der Waals surface area (Å²) in [5.74, 6) is 0. The zero-order chi connectivity index (χ0) is 11.5. The molecule has 3 nitrogen and oxygen atoms in total. The van der Waals surface area contributed by atoms with Crippen molar-refractivity contribution in [2.75, 3.05) is 7.05 Å². The minimum Gasteiger partial charge on any atom is -0.313 e. The van der Waals surface area contributed by atoms with E-state index in [2.05, 4.69) is 51.4 Å². The van der Waals surface area contributed by atoms with Crippen molar-refractivity contribution in [3.63, 3.8) is 0 Å². The van der Waals surface area contributed by atoms with Crippen molar-refractivity contribution in [3.05, 3.63) is 47.0 Å². The minimum absolute atomic E-state index is 0.355. The van der Waals surface area contributed by atoms with Gasteiger partial charge in [-0.15, -0.1) is 0 Å². The average molecular weight is 280 g/mol. The van der Waals surface area contributed by atoms with Gasteiger partial charge in [-0.1, -0.05) is 6.07 Å². The Hall–Kier alpha value is -1.13. The Morgan fingerprint density at radius 3 is 2.81 bits per heavy atom. The largest absolute Gasteiger partial charge is 0.313 e. The predicted octanol–water partition coefficient (Wildman–Crippen LogP) is 2.92. The van der Waals surface area contributed by atoms with Crippen LogP contribution in [-0.2, 0) is 0 Å². The molecule has 1 aromatic heterocycles. The predicted molar refractivity (Wildman–Crippen MR) is 68.7 cm³/mol. The van der Waals surface area contributed by atoms with Crippen LogP contribution in [0.25, 0.3) is 5.69 Å². The van der Waals surface area contributed by atoms with Crippen molar-refractivity contribution < 1.29 is 0 Å². The monoisotopic (exact) mass is 279 g/mol. The van der Waals surface area contributed by atoms with Gasteiger partial charge >= 0.3 is 0 Å². The molecule has 4 heteroatoms. The lowest BCUT2D eigenvalue weighted by atomic mass is 10.1. The highest BCUT2D eigenvalue weighted by Gasteiger charge is 2.06. The third-order valence-corrected chi connectivity index (χ3v) is 3.32. The van der Waals surface area contributed by atoms with Crippen LogP contribution >= 0.6 is 15.9 Å². The highest BCUT2D eigenvalue weighted by atomic mass is 79.9. The summed E-state index contributed by atoms with van der Waals surface area (Å²) in [4.78, 5) is 4.04. The Morgan fingerprint density at radius 2 is 2.25 bits per heavy atom. The maximum atomic E-state index is 4.04. The van der Waals surface area contributed by atoms with E-state index in [-0.39, 0.29) is 0 Å². The molecule has 0 radical (unpaired) electrons. The van der Waals surface area contributed by atoms with E-state index in [0.29, 0.717) is 6.04 Å². The molecule has 2 aromatic rings. The Bertz CT molecular complexity index is 465. The van der Waals surface area contributed by atoms with Crippen molar-refractivity contribution in [2.24, 2.45) is 0 Å². The molecule has 0 fully saturated rings. The summed E-state index contributed by atoms with van der Waals surface area (Å²) in [7, 11) is 1.96. The first-order valence-electron chi connectivity index (χ1n) is 5.17. The fraction of sp³-hybridized carbons (Fsp3) is 0.250. The molecule has 2 rings (SSSR count). The van der Waals surface area contributed by atoms with Gasteiger partial charge in [0.05, 0.1) is 12.0 Å². The summed E-state index contributed by atoms with van der Waals surface area (Å²) in [6, 6.07) is 6.71. The van der Waals surface area contributed by atoms with Gasteiger partial charge in [-0.2, -0.15) is 0 Å². The number of benzene rings is 1. The lowest BCUT2D eigenvalue weighted by Gasteiger charge is -2.13. The molecule has 1 atom stereocenters. The van der Waals surface area contributed by atoms with E-state index in [1.54, 1.807) is 12.5 Å². The molecule has 16 heavy (non-hydrogen) atoms. The number of hydrogen-bond donors (Lipinski definition) is 1. The summed E-state index contributed by atoms with van der Waals surface area (Å²) in [6.45, 7) is 2.14. The van der Waals surface area contributed by atoms with Crippen molar-refractivity contribution in [3.8, 4) is 5.69 Å². The Kier molecular flexibility index (Phi) is 3.41. The van der Waals surface area contributed by atoms with Crippen LogP contribution in [-0.4, -0.2) is 16.6 Å². The third-order valence-electron chi connectivity index (χ3n) is 2.69. The molecule has 0 saturated carbocycles. The van der Waals surface area contributed by atoms with Gasteiger partial charge in [0.2, 0.25) is 0 Å². The van der Waals surface area contributed by atoms with E-state index in [1.807, 2.05) is 17.8 Å². The lowest BCUT2D eigenvalue weighted by molar-refractivity contribution is 0.652. The summed E-state index contributed by atoms with van der Waals surface area (Å²) in [5, 5.41) is 3.22. The second kappa shape index (κ2) is 4.80. The van der Waals surface area contributed by atoms with Gasteiger partial charge in [0.1, 0.15) is 0 Å². The first kappa shape index (κ1) is 11.4. The van der Waals surface area contributed by atoms with Gasteiger partial charge in [0.15, 0.2) is 0 Å². The van der Waals surface area contributed by atoms with Crippen LogP contribution < -0.4 is 5.32 Å². The van der Waals surface area contributed by atoms with E-state index in [1.165, 1.54) is 5.56 Å². The van der Waals surface area contributed by atoms with Crippen molar-refractivity contribution in [1.82, 2.24) is 14.9 Å². The number of rotatable bonds is 3. The molecule has 0 bridgehead atoms. The highest BCUT2D eigenvalue weighted by Crippen LogP contribution is 2.24. The van der Waals surface area contributed by atoms with Crippen LogP contribution in [0.3, 0.4) is 0 Å². The third kappa shape index (κ3) is 2.18. The maximum Gasteiger partial charge on any atom is 0.0992 e. The first-order valence-corrected chi connectivity index (χ1v) is 5.96. The van der Waals surface area contributed by atoms with Crippen LogP contribution in [0.5, 0.6) is 0 Å². The SMILES string of the molecule is CNC(C)c1ccc(-n2ccnc2)c(Br)c1. The van der Waals surface area contributed by atoms with E-state index in [0.717, 1.165) is 10.2 Å². The van der Waals surface area contributed by atoms with Crippen molar-refractivity contribution in [2.45, 2.75) is 13.0 Å². The number of aromatic nitrogens is 2. The first-order chi connectivity index (χ1) is 7.72. The number of nitrogens with one attached hydrogen (secondary N) is 1. The van der Waals surface area contributed by atoms with Gasteiger partial charge < -0.3 is 9.88 Å². The molecule has 0 aliphatic carbocycles. The Labute approximate surface area is 104 Å². The second-order valence-corrected chi connectivity index (χ2v) is 4.55. The van der Waals surface area contributed by atoms with Crippen LogP contribution in [0, 0.1) is 0 Å². The number of nitrogens with zero attached hydrogens (tertiary/aromatic N) is 2. The summed E-state index contributed by atoms with van der Waals surface area (Å²) in [6.07, 6.45) is 5.50. The molecule has 0 saturated heterocycles. The lowest BCUT2D eigenvalue weighted by Crippen LogP contribution is -2.12. The quantitative estimate of drug-likeness (QED) is 0.936. The topological polar surface area (TPSA) is 29.9 Å². The van der Waals surface area contributed by atoms with Gasteiger partial charge in [-0.05, 0) is 47.6 Å². The molecule has 0 spiro atoms. The molecule has 1 N–H and O–H groups in total. The van der Waals surface area contributed by atoms with Crippen molar-refractivity contribution >= 4 is 15.9 Å². The van der Waals surface area contributed by atoms with Crippen LogP contribution in [0.4, 0.5) is 0 Å². The normalized spacial score (nSPS) is 12.7. The summed E-state index contributed by atoms with van der Waals surface area (Å²) in [5.41, 5.74) is 2.36. The number of hydrogen-bond acceptors (Lipinski definition) is 2. The molecule has 0 amide bonds.